The zero-order valence-electron chi connectivity index (χ0n) is 19.3. The lowest BCUT2D eigenvalue weighted by atomic mass is 9.99. The van der Waals surface area contributed by atoms with Gasteiger partial charge in [-0.2, -0.15) is 23.5 Å². The van der Waals surface area contributed by atoms with Crippen molar-refractivity contribution in [1.29, 1.82) is 0 Å². The number of nitrogens with two attached hydrogens (primary N) is 1. The first-order valence-electron chi connectivity index (χ1n) is 10.3. The molecule has 0 rings (SSSR count). The van der Waals surface area contributed by atoms with Crippen LogP contribution >= 0.6 is 23.5 Å². The predicted octanol–water partition coefficient (Wildman–Crippen LogP) is 0.671. The molecule has 0 aliphatic carbocycles. The number of rotatable bonds is 15. The molecule has 0 aromatic heterocycles. The molecular formula is C20H38N4O5S2. The van der Waals surface area contributed by atoms with Gasteiger partial charge < -0.3 is 26.8 Å². The summed E-state index contributed by atoms with van der Waals surface area (Å²) in [6, 6.07) is -3.56. The standard InChI is InChI=1S/C20H38N4O5S2/c1-11(2)15(18(26)22-14(20(28)29)8-10-31-6)24-19(27)16(12(3)4)23-17(25)13(21)7-9-30-5/h11-16H,7-10,21H2,1-6H3,(H,22,26)(H,23,25)(H,24,27)(H,28,29). The molecule has 180 valence electrons. The van der Waals surface area contributed by atoms with Crippen molar-refractivity contribution in [3.63, 3.8) is 0 Å². The van der Waals surface area contributed by atoms with E-state index in [9.17, 15) is 24.3 Å². The van der Waals surface area contributed by atoms with Crippen LogP contribution in [0.5, 0.6) is 0 Å². The van der Waals surface area contributed by atoms with Crippen LogP contribution in [0.15, 0.2) is 0 Å². The summed E-state index contributed by atoms with van der Waals surface area (Å²) in [7, 11) is 0. The average Bonchev–Trinajstić information content (AvgIpc) is 2.69. The molecule has 0 aliphatic rings. The first-order chi connectivity index (χ1) is 14.5. The van der Waals surface area contributed by atoms with Gasteiger partial charge in [-0.3, -0.25) is 14.4 Å². The van der Waals surface area contributed by atoms with Gasteiger partial charge in [-0.15, -0.1) is 0 Å². The summed E-state index contributed by atoms with van der Waals surface area (Å²) in [6.07, 6.45) is 4.54. The maximum absolute atomic E-state index is 12.9. The van der Waals surface area contributed by atoms with Crippen molar-refractivity contribution < 1.29 is 24.3 Å². The lowest BCUT2D eigenvalue weighted by Crippen LogP contribution is -2.59. The minimum absolute atomic E-state index is 0.235. The van der Waals surface area contributed by atoms with Gasteiger partial charge in [0, 0.05) is 0 Å². The topological polar surface area (TPSA) is 151 Å². The Balaban J connectivity index is 5.25. The average molecular weight is 479 g/mol. The van der Waals surface area contributed by atoms with Crippen molar-refractivity contribution in [2.75, 3.05) is 24.0 Å². The third kappa shape index (κ3) is 11.1. The van der Waals surface area contributed by atoms with Crippen LogP contribution in [0.1, 0.15) is 40.5 Å². The number of thioether (sulfide) groups is 2. The van der Waals surface area contributed by atoms with Gasteiger partial charge >= 0.3 is 5.97 Å². The van der Waals surface area contributed by atoms with E-state index in [4.69, 9.17) is 5.73 Å². The molecular weight excluding hydrogens is 440 g/mol. The van der Waals surface area contributed by atoms with Crippen LogP contribution < -0.4 is 21.7 Å². The molecule has 0 spiro atoms. The van der Waals surface area contributed by atoms with Crippen LogP contribution in [0.3, 0.4) is 0 Å². The van der Waals surface area contributed by atoms with E-state index in [2.05, 4.69) is 16.0 Å². The summed E-state index contributed by atoms with van der Waals surface area (Å²) < 4.78 is 0. The molecule has 4 atom stereocenters. The Kier molecular flexibility index (Phi) is 14.6. The van der Waals surface area contributed by atoms with Gasteiger partial charge in [-0.05, 0) is 48.7 Å². The van der Waals surface area contributed by atoms with Crippen molar-refractivity contribution in [1.82, 2.24) is 16.0 Å². The second-order valence-corrected chi connectivity index (χ2v) is 10.0. The third-order valence-electron chi connectivity index (χ3n) is 4.69. The summed E-state index contributed by atoms with van der Waals surface area (Å²) >= 11 is 3.06. The van der Waals surface area contributed by atoms with E-state index in [1.54, 1.807) is 39.5 Å². The lowest BCUT2D eigenvalue weighted by Gasteiger charge is -2.28. The van der Waals surface area contributed by atoms with Crippen LogP contribution in [-0.2, 0) is 19.2 Å². The van der Waals surface area contributed by atoms with E-state index in [0.29, 0.717) is 12.2 Å². The van der Waals surface area contributed by atoms with Crippen molar-refractivity contribution in [2.45, 2.75) is 64.7 Å². The third-order valence-corrected chi connectivity index (χ3v) is 5.98. The summed E-state index contributed by atoms with van der Waals surface area (Å²) in [5.41, 5.74) is 5.89. The summed E-state index contributed by atoms with van der Waals surface area (Å²) in [5.74, 6) is -1.84. The fourth-order valence-electron chi connectivity index (χ4n) is 2.70. The van der Waals surface area contributed by atoms with Crippen molar-refractivity contribution in [2.24, 2.45) is 17.6 Å². The zero-order valence-corrected chi connectivity index (χ0v) is 20.9. The maximum atomic E-state index is 12.9. The number of carboxylic acid groups (broad SMARTS) is 1. The highest BCUT2D eigenvalue weighted by atomic mass is 32.2. The highest BCUT2D eigenvalue weighted by Gasteiger charge is 2.32. The first-order valence-corrected chi connectivity index (χ1v) is 13.1. The van der Waals surface area contributed by atoms with E-state index < -0.39 is 47.9 Å². The van der Waals surface area contributed by atoms with E-state index in [0.717, 1.165) is 5.75 Å². The molecule has 0 aliphatic heterocycles. The largest absolute Gasteiger partial charge is 0.480 e. The molecule has 3 amide bonds. The summed E-state index contributed by atoms with van der Waals surface area (Å²) in [6.45, 7) is 7.07. The second-order valence-electron chi connectivity index (χ2n) is 8.03. The Morgan fingerprint density at radius 3 is 1.61 bits per heavy atom. The van der Waals surface area contributed by atoms with Crippen LogP contribution in [0.4, 0.5) is 0 Å². The zero-order chi connectivity index (χ0) is 24.1. The maximum Gasteiger partial charge on any atom is 0.326 e. The van der Waals surface area contributed by atoms with Gasteiger partial charge in [-0.1, -0.05) is 27.7 Å². The molecule has 0 saturated carbocycles. The molecule has 6 N–H and O–H groups in total. The van der Waals surface area contributed by atoms with Crippen LogP contribution in [0.2, 0.25) is 0 Å². The number of aliphatic carboxylic acids is 1. The molecule has 0 aromatic carbocycles. The number of carbonyl (C=O) groups excluding carboxylic acids is 3. The van der Waals surface area contributed by atoms with Gasteiger partial charge in [0.25, 0.3) is 0 Å². The first kappa shape index (κ1) is 29.5. The van der Waals surface area contributed by atoms with Gasteiger partial charge in [0.1, 0.15) is 18.1 Å². The normalized spacial score (nSPS) is 15.1. The van der Waals surface area contributed by atoms with Crippen LogP contribution in [-0.4, -0.2) is 77.0 Å². The highest BCUT2D eigenvalue weighted by Crippen LogP contribution is 2.09. The Labute approximate surface area is 193 Å². The summed E-state index contributed by atoms with van der Waals surface area (Å²) in [5, 5.41) is 17.2. The van der Waals surface area contributed by atoms with Crippen LogP contribution in [0.25, 0.3) is 0 Å². The Hall–Kier alpha value is -1.46. The number of carbonyl (C=O) groups is 4. The molecule has 0 bridgehead atoms. The van der Waals surface area contributed by atoms with E-state index in [1.807, 2.05) is 12.5 Å². The fraction of sp³-hybridized carbons (Fsp3) is 0.800. The minimum Gasteiger partial charge on any atom is -0.480 e. The Morgan fingerprint density at radius 2 is 1.19 bits per heavy atom. The molecule has 0 saturated heterocycles. The molecule has 0 radical (unpaired) electrons. The quantitative estimate of drug-likeness (QED) is 0.230. The smallest absolute Gasteiger partial charge is 0.326 e. The molecule has 4 unspecified atom stereocenters. The summed E-state index contributed by atoms with van der Waals surface area (Å²) in [4.78, 5) is 49.4. The molecule has 0 fully saturated rings. The second kappa shape index (κ2) is 15.4. The monoisotopic (exact) mass is 478 g/mol. The van der Waals surface area contributed by atoms with E-state index in [1.165, 1.54) is 11.8 Å². The fourth-order valence-corrected chi connectivity index (χ4v) is 3.66. The number of nitrogens with one attached hydrogen (secondary N) is 3. The molecule has 0 heterocycles. The highest BCUT2D eigenvalue weighted by molar-refractivity contribution is 7.98. The number of hydrogen-bond acceptors (Lipinski definition) is 7. The number of carboxylic acids is 1. The lowest BCUT2D eigenvalue weighted by molar-refractivity contribution is -0.142. The molecule has 11 heteroatoms. The van der Waals surface area contributed by atoms with Crippen LogP contribution in [0, 0.1) is 11.8 Å². The van der Waals surface area contributed by atoms with E-state index in [-0.39, 0.29) is 18.3 Å². The molecule has 9 nitrogen and oxygen atoms in total. The SMILES string of the molecule is CSCCC(N)C(=O)NC(C(=O)NC(C(=O)NC(CCSC)C(=O)O)C(C)C)C(C)C. The predicted molar refractivity (Wildman–Crippen MR) is 127 cm³/mol. The van der Waals surface area contributed by atoms with Crippen molar-refractivity contribution in [3.05, 3.63) is 0 Å². The molecule has 0 aromatic rings. The minimum atomic E-state index is -1.12. The van der Waals surface area contributed by atoms with Gasteiger partial charge in [0.2, 0.25) is 17.7 Å². The van der Waals surface area contributed by atoms with Gasteiger partial charge in [-0.25, -0.2) is 4.79 Å². The Bertz CT molecular complexity index is 604. The Morgan fingerprint density at radius 1 is 0.774 bits per heavy atom. The number of hydrogen-bond donors (Lipinski definition) is 5. The number of amides is 3. The van der Waals surface area contributed by atoms with Gasteiger partial charge in [0.05, 0.1) is 6.04 Å². The molecule has 31 heavy (non-hydrogen) atoms. The van der Waals surface area contributed by atoms with E-state index >= 15 is 0 Å². The van der Waals surface area contributed by atoms with Gasteiger partial charge in [0.15, 0.2) is 0 Å². The van der Waals surface area contributed by atoms with Crippen molar-refractivity contribution >= 4 is 47.2 Å². The van der Waals surface area contributed by atoms with Crippen molar-refractivity contribution in [3.8, 4) is 0 Å².